The maximum Gasteiger partial charge on any atom is 0.284 e. The molecule has 0 bridgehead atoms. The predicted molar refractivity (Wildman–Crippen MR) is 142 cm³/mol. The number of carbonyl (C=O) groups excluding carboxylic acids is 2. The third-order valence-electron chi connectivity index (χ3n) is 5.82. The number of methoxy groups -OCH3 is 1. The average molecular weight is 564 g/mol. The van der Waals surface area contributed by atoms with Gasteiger partial charge < -0.3 is 14.7 Å². The summed E-state index contributed by atoms with van der Waals surface area (Å²) >= 11 is 1.15. The molecule has 1 heterocycles. The number of nitrogens with one attached hydrogen (secondary N) is 1. The number of carbonyl (C=O) groups is 2. The minimum absolute atomic E-state index is 0.0252. The number of hydrogen-bond donors (Lipinski definition) is 2. The summed E-state index contributed by atoms with van der Waals surface area (Å²) in [5.41, 5.74) is 0.836. The quantitative estimate of drug-likeness (QED) is 0.346. The smallest absolute Gasteiger partial charge is 0.284 e. The highest BCUT2D eigenvalue weighted by Crippen LogP contribution is 2.24. The monoisotopic (exact) mass is 563 g/mol. The van der Waals surface area contributed by atoms with Crippen molar-refractivity contribution in [3.05, 3.63) is 81.1 Å². The fourth-order valence-electron chi connectivity index (χ4n) is 3.68. The maximum absolute atomic E-state index is 14.1. The van der Waals surface area contributed by atoms with Crippen LogP contribution in [0.1, 0.15) is 50.9 Å². The Kier molecular flexibility index (Phi) is 9.95. The van der Waals surface area contributed by atoms with E-state index in [2.05, 4.69) is 4.98 Å². The Balaban J connectivity index is 1.81. The molecule has 0 aliphatic carbocycles. The number of nitrogens with zero attached hydrogens (tertiary/aromatic N) is 2. The first-order valence-electron chi connectivity index (χ1n) is 11.9. The molecule has 204 valence electrons. The molecule has 2 amide bonds. The second-order valence-corrected chi connectivity index (χ2v) is 11.8. The summed E-state index contributed by atoms with van der Waals surface area (Å²) in [5, 5.41) is 11.2. The van der Waals surface area contributed by atoms with Crippen molar-refractivity contribution in [3.8, 4) is 5.75 Å². The van der Waals surface area contributed by atoms with Gasteiger partial charge in [0.15, 0.2) is 6.10 Å². The zero-order chi connectivity index (χ0) is 27.9. The minimum atomic E-state index is -3.77. The molecule has 12 heteroatoms. The molecule has 1 atom stereocenters. The van der Waals surface area contributed by atoms with Crippen LogP contribution in [0, 0.1) is 12.7 Å². The van der Waals surface area contributed by atoms with Crippen LogP contribution in [0.25, 0.3) is 0 Å². The standard InChI is InChI=1S/C26H30FN3O6S2/c1-4-38(34,35)29-25(32)23-17(2)37-22(28-23)16-30(15-7-9-18-8-5-6-10-21(18)27)26(33)24(31)19-11-13-20(36-3)14-12-19/h5-6,8,10-14,24,31H,4,7,9,15-16H2,1-3H3,(H,29,32)/t24-/m1/s1. The van der Waals surface area contributed by atoms with Gasteiger partial charge in [0.25, 0.3) is 11.8 Å². The molecular formula is C26H30FN3O6S2. The first-order chi connectivity index (χ1) is 18.0. The summed E-state index contributed by atoms with van der Waals surface area (Å²) < 4.78 is 44.8. The van der Waals surface area contributed by atoms with E-state index in [9.17, 15) is 27.5 Å². The van der Waals surface area contributed by atoms with Gasteiger partial charge in [0.2, 0.25) is 10.0 Å². The molecule has 0 spiro atoms. The third-order valence-corrected chi connectivity index (χ3v) is 8.03. The summed E-state index contributed by atoms with van der Waals surface area (Å²) in [4.78, 5) is 32.0. The number of aryl methyl sites for hydroxylation is 2. The lowest BCUT2D eigenvalue weighted by atomic mass is 10.1. The van der Waals surface area contributed by atoms with Crippen molar-refractivity contribution < 1.29 is 32.2 Å². The summed E-state index contributed by atoms with van der Waals surface area (Å²) in [5.74, 6) is -1.46. The molecule has 0 unspecified atom stereocenters. The fraction of sp³-hybridized carbons (Fsp3) is 0.346. The zero-order valence-corrected chi connectivity index (χ0v) is 22.9. The average Bonchev–Trinajstić information content (AvgIpc) is 3.28. The minimum Gasteiger partial charge on any atom is -0.497 e. The SMILES string of the molecule is CCS(=O)(=O)NC(=O)c1nc(CN(CCCc2ccccc2F)C(=O)[C@H](O)c2ccc(OC)cc2)sc1C. The molecule has 2 aromatic carbocycles. The first kappa shape index (κ1) is 29.2. The van der Waals surface area contributed by atoms with Crippen LogP contribution in [0.5, 0.6) is 5.75 Å². The van der Waals surface area contributed by atoms with Gasteiger partial charge in [-0.05, 0) is 56.0 Å². The molecule has 0 saturated carbocycles. The van der Waals surface area contributed by atoms with Crippen LogP contribution in [-0.2, 0) is 27.8 Å². The van der Waals surface area contributed by atoms with E-state index in [0.717, 1.165) is 11.3 Å². The lowest BCUT2D eigenvalue weighted by molar-refractivity contribution is -0.141. The Morgan fingerprint density at radius 1 is 1.18 bits per heavy atom. The van der Waals surface area contributed by atoms with E-state index >= 15 is 0 Å². The van der Waals surface area contributed by atoms with Crippen LogP contribution >= 0.6 is 11.3 Å². The number of ether oxygens (including phenoxy) is 1. The van der Waals surface area contributed by atoms with Crippen LogP contribution in [0.15, 0.2) is 48.5 Å². The summed E-state index contributed by atoms with van der Waals surface area (Å²) in [7, 11) is -2.26. The Morgan fingerprint density at radius 2 is 1.87 bits per heavy atom. The van der Waals surface area contributed by atoms with Gasteiger partial charge >= 0.3 is 0 Å². The molecule has 0 aliphatic rings. The molecule has 38 heavy (non-hydrogen) atoms. The lowest BCUT2D eigenvalue weighted by Gasteiger charge is -2.25. The van der Waals surface area contributed by atoms with Crippen molar-refractivity contribution in [3.63, 3.8) is 0 Å². The highest BCUT2D eigenvalue weighted by molar-refractivity contribution is 7.90. The van der Waals surface area contributed by atoms with Crippen LogP contribution in [0.4, 0.5) is 4.39 Å². The molecule has 3 rings (SSSR count). The zero-order valence-electron chi connectivity index (χ0n) is 21.3. The lowest BCUT2D eigenvalue weighted by Crippen LogP contribution is -2.36. The van der Waals surface area contributed by atoms with Crippen LogP contribution < -0.4 is 9.46 Å². The first-order valence-corrected chi connectivity index (χ1v) is 14.4. The number of aromatic nitrogens is 1. The van der Waals surface area contributed by atoms with Gasteiger partial charge in [-0.25, -0.2) is 22.5 Å². The van der Waals surface area contributed by atoms with E-state index in [1.807, 2.05) is 4.72 Å². The molecule has 3 aromatic rings. The van der Waals surface area contributed by atoms with Gasteiger partial charge in [-0.3, -0.25) is 9.59 Å². The van der Waals surface area contributed by atoms with Crippen molar-refractivity contribution in [2.45, 2.75) is 39.3 Å². The number of benzene rings is 2. The van der Waals surface area contributed by atoms with E-state index in [4.69, 9.17) is 4.74 Å². The number of rotatable bonds is 12. The second kappa shape index (κ2) is 12.9. The van der Waals surface area contributed by atoms with E-state index in [1.54, 1.807) is 49.4 Å². The van der Waals surface area contributed by atoms with E-state index in [-0.39, 0.29) is 30.4 Å². The number of sulfonamides is 1. The van der Waals surface area contributed by atoms with Gasteiger partial charge in [-0.2, -0.15) is 0 Å². The van der Waals surface area contributed by atoms with Crippen molar-refractivity contribution in [2.75, 3.05) is 19.4 Å². The van der Waals surface area contributed by atoms with Gasteiger partial charge in [0.1, 0.15) is 22.3 Å². The molecule has 0 aliphatic heterocycles. The third kappa shape index (κ3) is 7.59. The Hall–Kier alpha value is -3.35. The number of amides is 2. The van der Waals surface area contributed by atoms with E-state index in [1.165, 1.54) is 25.0 Å². The topological polar surface area (TPSA) is 126 Å². The largest absolute Gasteiger partial charge is 0.497 e. The summed E-state index contributed by atoms with van der Waals surface area (Å²) in [6.07, 6.45) is -0.684. The van der Waals surface area contributed by atoms with Crippen LogP contribution in [0.3, 0.4) is 0 Å². The van der Waals surface area contributed by atoms with Gasteiger partial charge in [-0.15, -0.1) is 11.3 Å². The number of halogens is 1. The van der Waals surface area contributed by atoms with Crippen molar-refractivity contribution >= 4 is 33.2 Å². The molecule has 2 N–H and O–H groups in total. The van der Waals surface area contributed by atoms with Crippen molar-refractivity contribution in [1.82, 2.24) is 14.6 Å². The summed E-state index contributed by atoms with van der Waals surface area (Å²) in [6.45, 7) is 3.20. The number of hydrogen-bond acceptors (Lipinski definition) is 8. The Bertz CT molecular complexity index is 1380. The molecule has 9 nitrogen and oxygen atoms in total. The van der Waals surface area contributed by atoms with Gasteiger partial charge in [0.05, 0.1) is 19.4 Å². The van der Waals surface area contributed by atoms with Crippen LogP contribution in [-0.4, -0.2) is 54.6 Å². The Morgan fingerprint density at radius 3 is 2.50 bits per heavy atom. The second-order valence-electron chi connectivity index (χ2n) is 8.48. The fourth-order valence-corrected chi connectivity index (χ4v) is 5.15. The molecular weight excluding hydrogens is 533 g/mol. The van der Waals surface area contributed by atoms with Crippen molar-refractivity contribution in [2.24, 2.45) is 0 Å². The van der Waals surface area contributed by atoms with Gasteiger partial charge in [0, 0.05) is 11.4 Å². The van der Waals surface area contributed by atoms with Crippen molar-refractivity contribution in [1.29, 1.82) is 0 Å². The molecule has 1 aromatic heterocycles. The van der Waals surface area contributed by atoms with Gasteiger partial charge in [-0.1, -0.05) is 30.3 Å². The highest BCUT2D eigenvalue weighted by atomic mass is 32.2. The summed E-state index contributed by atoms with van der Waals surface area (Å²) in [6, 6.07) is 12.8. The number of thiazole rings is 1. The normalized spacial score (nSPS) is 12.1. The maximum atomic E-state index is 14.1. The Labute approximate surface area is 225 Å². The molecule has 0 fully saturated rings. The van der Waals surface area contributed by atoms with E-state index in [0.29, 0.717) is 39.6 Å². The number of aliphatic hydroxyl groups is 1. The van der Waals surface area contributed by atoms with Crippen LogP contribution in [0.2, 0.25) is 0 Å². The van der Waals surface area contributed by atoms with E-state index < -0.39 is 27.9 Å². The predicted octanol–water partition coefficient (Wildman–Crippen LogP) is 3.37. The number of aliphatic hydroxyl groups excluding tert-OH is 1. The highest BCUT2D eigenvalue weighted by Gasteiger charge is 2.26. The molecule has 0 saturated heterocycles. The molecule has 0 radical (unpaired) electrons.